The summed E-state index contributed by atoms with van der Waals surface area (Å²) in [5.74, 6) is 2.25. The van der Waals surface area contributed by atoms with Crippen molar-refractivity contribution in [3.8, 4) is 23.0 Å². The molecule has 0 radical (unpaired) electrons. The van der Waals surface area contributed by atoms with Crippen molar-refractivity contribution in [1.29, 1.82) is 0 Å². The minimum atomic E-state index is -0.145. The molecule has 0 saturated carbocycles. The van der Waals surface area contributed by atoms with Crippen LogP contribution in [0.2, 0.25) is 0 Å². The van der Waals surface area contributed by atoms with E-state index in [1.807, 2.05) is 49.4 Å². The lowest BCUT2D eigenvalue weighted by molar-refractivity contribution is -0.126. The van der Waals surface area contributed by atoms with E-state index in [1.165, 1.54) is 0 Å². The summed E-state index contributed by atoms with van der Waals surface area (Å²) in [5, 5.41) is 0. The molecule has 0 N–H and O–H groups in total. The minimum absolute atomic E-state index is 0.0595. The number of carbonyl (C=O) groups excluding carboxylic acids is 2. The first-order valence-corrected chi connectivity index (χ1v) is 10.7. The lowest BCUT2D eigenvalue weighted by Crippen LogP contribution is -2.11. The summed E-state index contributed by atoms with van der Waals surface area (Å²) < 4.78 is 16.3. The molecule has 0 aliphatic rings. The Balaban J connectivity index is 1.50. The van der Waals surface area contributed by atoms with Gasteiger partial charge in [0.2, 0.25) is 5.89 Å². The van der Waals surface area contributed by atoms with Crippen molar-refractivity contribution in [2.75, 3.05) is 14.2 Å². The number of oxazole rings is 1. The van der Waals surface area contributed by atoms with Gasteiger partial charge in [0.1, 0.15) is 17.3 Å². The normalized spacial score (nSPS) is 10.8. The second-order valence-electron chi connectivity index (χ2n) is 7.81. The molecular formula is C26H29NO5. The van der Waals surface area contributed by atoms with Gasteiger partial charge in [0, 0.05) is 12.0 Å². The summed E-state index contributed by atoms with van der Waals surface area (Å²) in [6.45, 7) is 3.78. The molecular weight excluding hydrogens is 406 g/mol. The quantitative estimate of drug-likeness (QED) is 0.391. The molecule has 0 aliphatic heterocycles. The Kier molecular flexibility index (Phi) is 7.82. The lowest BCUT2D eigenvalue weighted by Gasteiger charge is -2.09. The van der Waals surface area contributed by atoms with Gasteiger partial charge in [-0.05, 0) is 56.0 Å². The maximum absolute atomic E-state index is 12.4. The van der Waals surface area contributed by atoms with Crippen LogP contribution in [0, 0.1) is 13.8 Å². The molecule has 0 fully saturated rings. The fraction of sp³-hybridized carbons (Fsp3) is 0.346. The summed E-state index contributed by atoms with van der Waals surface area (Å²) >= 11 is 0. The van der Waals surface area contributed by atoms with Crippen LogP contribution in [-0.4, -0.2) is 30.8 Å². The molecule has 1 aromatic heterocycles. The molecule has 168 valence electrons. The number of nitrogens with zero attached hydrogens (tertiary/aromatic N) is 1. The van der Waals surface area contributed by atoms with Gasteiger partial charge in [0.25, 0.3) is 0 Å². The Labute approximate surface area is 188 Å². The van der Waals surface area contributed by atoms with Crippen molar-refractivity contribution in [1.82, 2.24) is 4.98 Å². The average Bonchev–Trinajstić information content (AvgIpc) is 3.13. The largest absolute Gasteiger partial charge is 0.493 e. The highest BCUT2D eigenvalue weighted by Gasteiger charge is 2.17. The second-order valence-corrected chi connectivity index (χ2v) is 7.81. The number of Topliss-reactive ketones (excluding diaryl/α,β-unsaturated/α-hetero) is 2. The Bertz CT molecular complexity index is 1100. The number of rotatable bonds is 11. The van der Waals surface area contributed by atoms with Gasteiger partial charge in [-0.3, -0.25) is 9.59 Å². The number of carbonyl (C=O) groups is 2. The van der Waals surface area contributed by atoms with E-state index in [1.54, 1.807) is 21.1 Å². The second kappa shape index (κ2) is 10.8. The Morgan fingerprint density at radius 2 is 1.72 bits per heavy atom. The van der Waals surface area contributed by atoms with Crippen molar-refractivity contribution in [3.63, 3.8) is 0 Å². The van der Waals surface area contributed by atoms with Crippen LogP contribution >= 0.6 is 0 Å². The standard InChI is InChI=1S/C26H29NO5/c1-17-8-5-6-11-22(17)26-27-23(18(2)32-26)16-21(29)15-20(28)10-7-9-19-12-13-24(30-3)25(14-19)31-4/h5-6,8,11-14H,7,9-10,15-16H2,1-4H3. The number of benzene rings is 2. The van der Waals surface area contributed by atoms with Crippen LogP contribution in [0.3, 0.4) is 0 Å². The number of aryl methyl sites for hydroxylation is 3. The maximum Gasteiger partial charge on any atom is 0.226 e. The van der Waals surface area contributed by atoms with Crippen molar-refractivity contribution >= 4 is 11.6 Å². The average molecular weight is 436 g/mol. The van der Waals surface area contributed by atoms with Gasteiger partial charge in [0.05, 0.1) is 32.8 Å². The molecule has 0 unspecified atom stereocenters. The molecule has 3 rings (SSSR count). The number of hydrogen-bond donors (Lipinski definition) is 0. The first kappa shape index (κ1) is 23.3. The zero-order chi connectivity index (χ0) is 23.1. The van der Waals surface area contributed by atoms with E-state index >= 15 is 0 Å². The Hall–Kier alpha value is -3.41. The van der Waals surface area contributed by atoms with E-state index in [2.05, 4.69) is 4.98 Å². The highest BCUT2D eigenvalue weighted by molar-refractivity contribution is 5.99. The topological polar surface area (TPSA) is 78.6 Å². The van der Waals surface area contributed by atoms with E-state index in [0.717, 1.165) is 23.1 Å². The molecule has 1 heterocycles. The Morgan fingerprint density at radius 1 is 0.969 bits per heavy atom. The zero-order valence-corrected chi connectivity index (χ0v) is 19.1. The molecule has 6 nitrogen and oxygen atoms in total. The SMILES string of the molecule is COc1ccc(CCCC(=O)CC(=O)Cc2nc(-c3ccccc3C)oc2C)cc1OC. The predicted octanol–water partition coefficient (Wildman–Crippen LogP) is 5.07. The van der Waals surface area contributed by atoms with Gasteiger partial charge < -0.3 is 13.9 Å². The van der Waals surface area contributed by atoms with Gasteiger partial charge in [0.15, 0.2) is 11.5 Å². The monoisotopic (exact) mass is 435 g/mol. The fourth-order valence-electron chi connectivity index (χ4n) is 3.60. The summed E-state index contributed by atoms with van der Waals surface area (Å²) in [6.07, 6.45) is 1.76. The van der Waals surface area contributed by atoms with Crippen LogP contribution in [0.5, 0.6) is 11.5 Å². The summed E-state index contributed by atoms with van der Waals surface area (Å²) in [7, 11) is 3.19. The van der Waals surface area contributed by atoms with Gasteiger partial charge in [-0.1, -0.05) is 24.3 Å². The van der Waals surface area contributed by atoms with E-state index in [9.17, 15) is 9.59 Å². The first-order chi connectivity index (χ1) is 15.4. The van der Waals surface area contributed by atoms with Crippen LogP contribution in [0.15, 0.2) is 46.9 Å². The van der Waals surface area contributed by atoms with Gasteiger partial charge in [-0.15, -0.1) is 0 Å². The fourth-order valence-corrected chi connectivity index (χ4v) is 3.60. The summed E-state index contributed by atoms with van der Waals surface area (Å²) in [4.78, 5) is 29.2. The van der Waals surface area contributed by atoms with E-state index in [0.29, 0.717) is 41.7 Å². The van der Waals surface area contributed by atoms with Crippen LogP contribution in [0.4, 0.5) is 0 Å². The number of aromatic nitrogens is 1. The number of methoxy groups -OCH3 is 2. The molecule has 2 aromatic carbocycles. The molecule has 0 aliphatic carbocycles. The molecule has 6 heteroatoms. The first-order valence-electron chi connectivity index (χ1n) is 10.7. The molecule has 3 aromatic rings. The summed E-state index contributed by atoms with van der Waals surface area (Å²) in [6, 6.07) is 13.5. The predicted molar refractivity (Wildman–Crippen MR) is 122 cm³/mol. The molecule has 0 spiro atoms. The van der Waals surface area contributed by atoms with Crippen molar-refractivity contribution in [3.05, 3.63) is 65.0 Å². The van der Waals surface area contributed by atoms with Crippen LogP contribution in [0.1, 0.15) is 41.8 Å². The van der Waals surface area contributed by atoms with E-state index in [4.69, 9.17) is 13.9 Å². The van der Waals surface area contributed by atoms with E-state index < -0.39 is 0 Å². The third-order valence-electron chi connectivity index (χ3n) is 5.40. The number of hydrogen-bond acceptors (Lipinski definition) is 6. The molecule has 0 bridgehead atoms. The molecule has 32 heavy (non-hydrogen) atoms. The number of ketones is 2. The van der Waals surface area contributed by atoms with Crippen LogP contribution < -0.4 is 9.47 Å². The van der Waals surface area contributed by atoms with Gasteiger partial charge in [-0.2, -0.15) is 0 Å². The van der Waals surface area contributed by atoms with Crippen LogP contribution in [0.25, 0.3) is 11.5 Å². The van der Waals surface area contributed by atoms with Crippen molar-refractivity contribution in [2.24, 2.45) is 0 Å². The third kappa shape index (κ3) is 5.84. The van der Waals surface area contributed by atoms with Crippen molar-refractivity contribution in [2.45, 2.75) is 46.0 Å². The van der Waals surface area contributed by atoms with Crippen LogP contribution in [-0.2, 0) is 22.4 Å². The molecule has 0 saturated heterocycles. The maximum atomic E-state index is 12.4. The highest BCUT2D eigenvalue weighted by atomic mass is 16.5. The van der Waals surface area contributed by atoms with Gasteiger partial charge in [-0.25, -0.2) is 4.98 Å². The van der Waals surface area contributed by atoms with Crippen molar-refractivity contribution < 1.29 is 23.5 Å². The number of ether oxygens (including phenoxy) is 2. The minimum Gasteiger partial charge on any atom is -0.493 e. The highest BCUT2D eigenvalue weighted by Crippen LogP contribution is 2.28. The third-order valence-corrected chi connectivity index (χ3v) is 5.40. The lowest BCUT2D eigenvalue weighted by atomic mass is 10.0. The van der Waals surface area contributed by atoms with Gasteiger partial charge >= 0.3 is 0 Å². The summed E-state index contributed by atoms with van der Waals surface area (Å²) in [5.41, 5.74) is 3.60. The molecule has 0 atom stereocenters. The zero-order valence-electron chi connectivity index (χ0n) is 19.1. The molecule has 0 amide bonds. The smallest absolute Gasteiger partial charge is 0.226 e. The van der Waals surface area contributed by atoms with E-state index in [-0.39, 0.29) is 24.4 Å². The Morgan fingerprint density at radius 3 is 2.44 bits per heavy atom.